The summed E-state index contributed by atoms with van der Waals surface area (Å²) in [5.74, 6) is 1.30. The molecule has 0 unspecified atom stereocenters. The summed E-state index contributed by atoms with van der Waals surface area (Å²) in [6.07, 6.45) is 7.31. The molecule has 11 rings (SSSR count). The summed E-state index contributed by atoms with van der Waals surface area (Å²) < 4.78 is 0. The first-order valence-corrected chi connectivity index (χ1v) is 21.9. The molecule has 4 heterocycles. The molecule has 7 aromatic carbocycles. The fraction of sp³-hybridized carbons (Fsp3) is 0. The van der Waals surface area contributed by atoms with Gasteiger partial charge in [-0.1, -0.05) is 170 Å². The third-order valence-electron chi connectivity index (χ3n) is 11.8. The van der Waals surface area contributed by atoms with Gasteiger partial charge in [-0.15, -0.1) is 0 Å². The van der Waals surface area contributed by atoms with E-state index in [0.717, 1.165) is 101 Å². The third-order valence-corrected chi connectivity index (χ3v) is 11.8. The van der Waals surface area contributed by atoms with Gasteiger partial charge in [-0.2, -0.15) is 0 Å². The Morgan fingerprint density at radius 3 is 1.15 bits per heavy atom. The number of pyridine rings is 2. The summed E-state index contributed by atoms with van der Waals surface area (Å²) in [7, 11) is 0. The molecule has 4 aromatic heterocycles. The minimum absolute atomic E-state index is 0.649. The number of nitrogens with zero attached hydrogens (tertiary/aromatic N) is 6. The van der Waals surface area contributed by atoms with Crippen molar-refractivity contribution < 1.29 is 0 Å². The van der Waals surface area contributed by atoms with Gasteiger partial charge < -0.3 is 0 Å². The molecular weight excluding hydrogens is 805 g/mol. The molecule has 0 aliphatic heterocycles. The van der Waals surface area contributed by atoms with E-state index in [4.69, 9.17) is 19.9 Å². The fourth-order valence-corrected chi connectivity index (χ4v) is 8.42. The smallest absolute Gasteiger partial charge is 0.161 e. The van der Waals surface area contributed by atoms with Crippen LogP contribution in [0, 0.1) is 0 Å². The lowest BCUT2D eigenvalue weighted by Crippen LogP contribution is -1.98. The maximum atomic E-state index is 5.26. The second kappa shape index (κ2) is 18.0. The summed E-state index contributed by atoms with van der Waals surface area (Å²) in [6, 6.07) is 75.4. The average Bonchev–Trinajstić information content (AvgIpc) is 3.42. The van der Waals surface area contributed by atoms with Crippen molar-refractivity contribution in [3.8, 4) is 112 Å². The first-order chi connectivity index (χ1) is 32.7. The molecule has 0 bridgehead atoms. The van der Waals surface area contributed by atoms with Gasteiger partial charge >= 0.3 is 0 Å². The summed E-state index contributed by atoms with van der Waals surface area (Å²) in [5, 5.41) is 0. The molecule has 310 valence electrons. The quantitative estimate of drug-likeness (QED) is 0.136. The van der Waals surface area contributed by atoms with Crippen molar-refractivity contribution in [1.29, 1.82) is 0 Å². The number of hydrogen-bond acceptors (Lipinski definition) is 6. The van der Waals surface area contributed by atoms with E-state index >= 15 is 0 Å². The number of hydrogen-bond donors (Lipinski definition) is 0. The first-order valence-electron chi connectivity index (χ1n) is 21.9. The van der Waals surface area contributed by atoms with Crippen LogP contribution in [0.4, 0.5) is 0 Å². The van der Waals surface area contributed by atoms with Gasteiger partial charge in [0.05, 0.1) is 22.8 Å². The summed E-state index contributed by atoms with van der Waals surface area (Å²) in [4.78, 5) is 29.4. The van der Waals surface area contributed by atoms with E-state index in [1.807, 2.05) is 104 Å². The molecule has 0 aliphatic carbocycles. The van der Waals surface area contributed by atoms with Gasteiger partial charge in [0.2, 0.25) is 0 Å². The van der Waals surface area contributed by atoms with E-state index in [9.17, 15) is 0 Å². The van der Waals surface area contributed by atoms with Crippen molar-refractivity contribution >= 4 is 0 Å². The van der Waals surface area contributed by atoms with Crippen molar-refractivity contribution in [1.82, 2.24) is 29.9 Å². The van der Waals surface area contributed by atoms with Gasteiger partial charge in [0.25, 0.3) is 0 Å². The van der Waals surface area contributed by atoms with Gasteiger partial charge in [-0.25, -0.2) is 19.9 Å². The molecule has 0 N–H and O–H groups in total. The Morgan fingerprint density at radius 2 is 0.606 bits per heavy atom. The van der Waals surface area contributed by atoms with E-state index in [1.54, 1.807) is 0 Å². The minimum Gasteiger partial charge on any atom is -0.265 e. The Hall–Kier alpha value is -9.00. The molecule has 0 atom stereocenters. The van der Waals surface area contributed by atoms with Crippen LogP contribution in [0.15, 0.2) is 243 Å². The summed E-state index contributed by atoms with van der Waals surface area (Å²) in [6.45, 7) is 0. The third kappa shape index (κ3) is 8.30. The van der Waals surface area contributed by atoms with Crippen molar-refractivity contribution in [2.45, 2.75) is 0 Å². The first kappa shape index (κ1) is 39.8. The highest BCUT2D eigenvalue weighted by Crippen LogP contribution is 2.41. The molecule has 0 fully saturated rings. The molecule has 0 saturated heterocycles. The van der Waals surface area contributed by atoms with E-state index < -0.39 is 0 Å². The lowest BCUT2D eigenvalue weighted by Gasteiger charge is -2.17. The molecule has 6 heteroatoms. The lowest BCUT2D eigenvalue weighted by atomic mass is 9.88. The van der Waals surface area contributed by atoms with Gasteiger partial charge in [-0.05, 0) is 93.0 Å². The number of aromatic nitrogens is 6. The molecule has 0 spiro atoms. The highest BCUT2D eigenvalue weighted by atomic mass is 14.9. The second-order valence-corrected chi connectivity index (χ2v) is 16.0. The van der Waals surface area contributed by atoms with Crippen LogP contribution in [-0.4, -0.2) is 29.9 Å². The molecular formula is C60H40N6. The van der Waals surface area contributed by atoms with Crippen LogP contribution in [0.3, 0.4) is 0 Å². The molecule has 66 heavy (non-hydrogen) atoms. The lowest BCUT2D eigenvalue weighted by molar-refractivity contribution is 1.18. The van der Waals surface area contributed by atoms with Gasteiger partial charge in [0.15, 0.2) is 11.6 Å². The van der Waals surface area contributed by atoms with Crippen molar-refractivity contribution in [2.75, 3.05) is 0 Å². The van der Waals surface area contributed by atoms with Gasteiger partial charge in [0, 0.05) is 58.2 Å². The Bertz CT molecular complexity index is 3380. The zero-order valence-electron chi connectivity index (χ0n) is 35.8. The molecule has 0 aliphatic rings. The Balaban J connectivity index is 1.04. The van der Waals surface area contributed by atoms with Crippen LogP contribution >= 0.6 is 0 Å². The molecule has 0 amide bonds. The summed E-state index contributed by atoms with van der Waals surface area (Å²) >= 11 is 0. The Kier molecular flexibility index (Phi) is 10.9. The van der Waals surface area contributed by atoms with Crippen LogP contribution in [0.2, 0.25) is 0 Å². The van der Waals surface area contributed by atoms with Crippen molar-refractivity contribution in [2.24, 2.45) is 0 Å². The predicted octanol–water partition coefficient (Wildman–Crippen LogP) is 14.7. The van der Waals surface area contributed by atoms with Crippen LogP contribution in [-0.2, 0) is 0 Å². The van der Waals surface area contributed by atoms with E-state index in [1.165, 1.54) is 0 Å². The van der Waals surface area contributed by atoms with Crippen LogP contribution in [0.1, 0.15) is 0 Å². The number of benzene rings is 7. The van der Waals surface area contributed by atoms with Crippen molar-refractivity contribution in [3.05, 3.63) is 243 Å². The standard InChI is InChI=1S/C60H40N6/c1-4-13-44(14-5-1)55-40-58(50-20-12-19-48(37-50)41-29-33-61-34-30-41)64-59(63-55)47-25-23-43(24-26-47)51-28-27-49(42-31-35-62-36-32-42)38-54(51)52-21-10-11-22-53(52)60-65-56(45-15-6-2-7-16-45)39-57(66-60)46-17-8-3-9-18-46/h1-40H. The van der Waals surface area contributed by atoms with Crippen LogP contribution < -0.4 is 0 Å². The maximum Gasteiger partial charge on any atom is 0.161 e. The second-order valence-electron chi connectivity index (χ2n) is 16.0. The highest BCUT2D eigenvalue weighted by Gasteiger charge is 2.19. The van der Waals surface area contributed by atoms with E-state index in [-0.39, 0.29) is 0 Å². The highest BCUT2D eigenvalue weighted by molar-refractivity contribution is 5.93. The van der Waals surface area contributed by atoms with Gasteiger partial charge in [-0.3, -0.25) is 9.97 Å². The molecule has 0 saturated carbocycles. The minimum atomic E-state index is 0.649. The van der Waals surface area contributed by atoms with Gasteiger partial charge in [0.1, 0.15) is 0 Å². The monoisotopic (exact) mass is 844 g/mol. The topological polar surface area (TPSA) is 77.3 Å². The fourth-order valence-electron chi connectivity index (χ4n) is 8.42. The SMILES string of the molecule is c1ccc(-c2cc(-c3cccc(-c4ccncc4)c3)nc(-c3ccc(-c4ccc(-c5ccncc5)cc4-c4ccccc4-c4nc(-c5ccccc5)cc(-c5ccccc5)n4)cc3)n2)cc1. The average molecular weight is 845 g/mol. The zero-order chi connectivity index (χ0) is 44.1. The van der Waals surface area contributed by atoms with E-state index in [0.29, 0.717) is 11.6 Å². The molecule has 6 nitrogen and oxygen atoms in total. The van der Waals surface area contributed by atoms with Crippen LogP contribution in [0.25, 0.3) is 112 Å². The summed E-state index contributed by atoms with van der Waals surface area (Å²) in [5.41, 5.74) is 17.9. The largest absolute Gasteiger partial charge is 0.265 e. The zero-order valence-corrected chi connectivity index (χ0v) is 35.8. The van der Waals surface area contributed by atoms with Crippen molar-refractivity contribution in [3.63, 3.8) is 0 Å². The molecule has 11 aromatic rings. The maximum absolute atomic E-state index is 5.26. The van der Waals surface area contributed by atoms with E-state index in [2.05, 4.69) is 149 Å². The normalized spacial score (nSPS) is 11.0. The molecule has 0 radical (unpaired) electrons. The van der Waals surface area contributed by atoms with Crippen LogP contribution in [0.5, 0.6) is 0 Å². The predicted molar refractivity (Wildman–Crippen MR) is 268 cm³/mol. The number of rotatable bonds is 10. The Labute approximate surface area is 383 Å². The Morgan fingerprint density at radius 1 is 0.197 bits per heavy atom.